The number of piperidine rings is 1. The Bertz CT molecular complexity index is 1230. The fraction of sp³-hybridized carbons (Fsp3) is 0.370. The van der Waals surface area contributed by atoms with Crippen molar-refractivity contribution in [3.63, 3.8) is 0 Å². The lowest BCUT2D eigenvalue weighted by atomic mass is 9.95. The zero-order chi connectivity index (χ0) is 25.1. The van der Waals surface area contributed by atoms with Gasteiger partial charge in [0.05, 0.1) is 45.1 Å². The predicted octanol–water partition coefficient (Wildman–Crippen LogP) is 3.66. The molecule has 0 spiro atoms. The first-order valence-electron chi connectivity index (χ1n) is 12.1. The highest BCUT2D eigenvalue weighted by atomic mass is 16.5. The van der Waals surface area contributed by atoms with Crippen molar-refractivity contribution in [1.29, 1.82) is 0 Å². The van der Waals surface area contributed by atoms with Gasteiger partial charge < -0.3 is 29.0 Å². The van der Waals surface area contributed by atoms with Crippen LogP contribution in [-0.2, 0) is 22.7 Å². The molecule has 0 unspecified atom stereocenters. The first-order chi connectivity index (χ1) is 17.6. The van der Waals surface area contributed by atoms with Crippen molar-refractivity contribution in [3.05, 3.63) is 71.8 Å². The van der Waals surface area contributed by atoms with Crippen molar-refractivity contribution < 1.29 is 23.8 Å². The number of carbonyl (C=O) groups excluding carboxylic acids is 2. The van der Waals surface area contributed by atoms with Crippen molar-refractivity contribution in [1.82, 2.24) is 14.5 Å². The van der Waals surface area contributed by atoms with Gasteiger partial charge in [0.25, 0.3) is 5.91 Å². The zero-order valence-corrected chi connectivity index (χ0v) is 20.5. The van der Waals surface area contributed by atoms with Crippen LogP contribution in [0, 0.1) is 5.92 Å². The van der Waals surface area contributed by atoms with Gasteiger partial charge in [-0.25, -0.2) is 4.98 Å². The number of fused-ring (bicyclic) bond motifs is 1. The molecule has 3 heterocycles. The van der Waals surface area contributed by atoms with Crippen molar-refractivity contribution >= 4 is 17.5 Å². The standard InChI is InChI=1S/C27H30N4O5/c1-34-20-9-7-18(8-10-20)24-15-31-17-28-25(22(31)16-36-24)27(33)30-13-11-19(12-14-30)26(32)29-21-5-3-4-6-23(21)35-2/h3-10,17,19,24H,11-16H2,1-2H3,(H,29,32)/t24-/m0/s1. The number of benzene rings is 2. The average molecular weight is 491 g/mol. The van der Waals surface area contributed by atoms with Gasteiger partial charge >= 0.3 is 0 Å². The van der Waals surface area contributed by atoms with E-state index in [0.717, 1.165) is 17.0 Å². The van der Waals surface area contributed by atoms with E-state index < -0.39 is 0 Å². The van der Waals surface area contributed by atoms with Crippen LogP contribution in [-0.4, -0.2) is 53.6 Å². The molecule has 1 aromatic heterocycles. The average Bonchev–Trinajstić information content (AvgIpc) is 3.36. The van der Waals surface area contributed by atoms with Gasteiger partial charge in [0, 0.05) is 19.0 Å². The van der Waals surface area contributed by atoms with E-state index in [1.165, 1.54) is 0 Å². The Morgan fingerprint density at radius 3 is 2.50 bits per heavy atom. The first-order valence-corrected chi connectivity index (χ1v) is 12.1. The summed E-state index contributed by atoms with van der Waals surface area (Å²) < 4.78 is 18.6. The number of hydrogen-bond acceptors (Lipinski definition) is 6. The van der Waals surface area contributed by atoms with Crippen LogP contribution < -0.4 is 14.8 Å². The molecule has 5 rings (SSSR count). The van der Waals surface area contributed by atoms with Gasteiger partial charge in [-0.15, -0.1) is 0 Å². The normalized spacial score (nSPS) is 17.8. The van der Waals surface area contributed by atoms with Crippen LogP contribution in [0.5, 0.6) is 11.5 Å². The van der Waals surface area contributed by atoms with Crippen LogP contribution in [0.3, 0.4) is 0 Å². The van der Waals surface area contributed by atoms with Crippen LogP contribution in [0.2, 0.25) is 0 Å². The number of carbonyl (C=O) groups is 2. The topological polar surface area (TPSA) is 94.9 Å². The molecule has 0 radical (unpaired) electrons. The third-order valence-corrected chi connectivity index (χ3v) is 6.94. The molecule has 2 aliphatic heterocycles. The summed E-state index contributed by atoms with van der Waals surface area (Å²) in [6.45, 7) is 1.91. The van der Waals surface area contributed by atoms with Crippen molar-refractivity contribution in [2.45, 2.75) is 32.1 Å². The Morgan fingerprint density at radius 1 is 1.03 bits per heavy atom. The number of ether oxygens (including phenoxy) is 3. The molecule has 3 aromatic rings. The van der Waals surface area contributed by atoms with E-state index in [2.05, 4.69) is 10.3 Å². The molecule has 36 heavy (non-hydrogen) atoms. The Kier molecular flexibility index (Phi) is 6.90. The second kappa shape index (κ2) is 10.4. The summed E-state index contributed by atoms with van der Waals surface area (Å²) in [6.07, 6.45) is 2.80. The molecule has 1 atom stereocenters. The maximum atomic E-state index is 13.3. The number of nitrogens with zero attached hydrogens (tertiary/aromatic N) is 3. The lowest BCUT2D eigenvalue weighted by Crippen LogP contribution is -2.42. The van der Waals surface area contributed by atoms with Crippen molar-refractivity contribution in [3.8, 4) is 11.5 Å². The number of methoxy groups -OCH3 is 2. The molecule has 188 valence electrons. The van der Waals surface area contributed by atoms with Gasteiger partial charge in [0.2, 0.25) is 5.91 Å². The van der Waals surface area contributed by atoms with Crippen LogP contribution >= 0.6 is 0 Å². The third kappa shape index (κ3) is 4.79. The van der Waals surface area contributed by atoms with E-state index in [9.17, 15) is 9.59 Å². The Labute approximate surface area is 210 Å². The largest absolute Gasteiger partial charge is 0.497 e. The van der Waals surface area contributed by atoms with E-state index in [1.54, 1.807) is 25.4 Å². The third-order valence-electron chi connectivity index (χ3n) is 6.94. The number of aromatic nitrogens is 2. The lowest BCUT2D eigenvalue weighted by Gasteiger charge is -2.31. The fourth-order valence-electron chi connectivity index (χ4n) is 4.80. The van der Waals surface area contributed by atoms with Gasteiger partial charge in [0.1, 0.15) is 17.6 Å². The monoisotopic (exact) mass is 490 g/mol. The smallest absolute Gasteiger partial charge is 0.274 e. The molecular formula is C27H30N4O5. The summed E-state index contributed by atoms with van der Waals surface area (Å²) in [5.41, 5.74) is 2.93. The minimum absolute atomic E-state index is 0.0519. The van der Waals surface area contributed by atoms with E-state index in [4.69, 9.17) is 14.2 Å². The molecular weight excluding hydrogens is 460 g/mol. The summed E-state index contributed by atoms with van der Waals surface area (Å²) in [5.74, 6) is 1.09. The minimum Gasteiger partial charge on any atom is -0.497 e. The second-order valence-electron chi connectivity index (χ2n) is 9.02. The van der Waals surface area contributed by atoms with Gasteiger partial charge in [0.15, 0.2) is 5.69 Å². The molecule has 1 N–H and O–H groups in total. The fourth-order valence-corrected chi connectivity index (χ4v) is 4.80. The SMILES string of the molecule is COc1ccc([C@@H]2Cn3cnc(C(=O)N4CCC(C(=O)Nc5ccccc5OC)CC4)c3CO2)cc1. The maximum absolute atomic E-state index is 13.3. The molecule has 1 saturated heterocycles. The summed E-state index contributed by atoms with van der Waals surface area (Å²) in [7, 11) is 3.22. The van der Waals surface area contributed by atoms with Crippen molar-refractivity contribution in [2.24, 2.45) is 5.92 Å². The van der Waals surface area contributed by atoms with Gasteiger partial charge in [-0.1, -0.05) is 24.3 Å². The van der Waals surface area contributed by atoms with Crippen LogP contribution in [0.4, 0.5) is 5.69 Å². The van der Waals surface area contributed by atoms with Crippen LogP contribution in [0.25, 0.3) is 0 Å². The summed E-state index contributed by atoms with van der Waals surface area (Å²) >= 11 is 0. The van der Waals surface area contributed by atoms with Crippen LogP contribution in [0.15, 0.2) is 54.9 Å². The molecule has 0 aliphatic carbocycles. The van der Waals surface area contributed by atoms with Gasteiger partial charge in [-0.3, -0.25) is 9.59 Å². The highest BCUT2D eigenvalue weighted by Crippen LogP contribution is 2.30. The predicted molar refractivity (Wildman–Crippen MR) is 133 cm³/mol. The molecule has 1 fully saturated rings. The number of hydrogen-bond donors (Lipinski definition) is 1. The maximum Gasteiger partial charge on any atom is 0.274 e. The van der Waals surface area contributed by atoms with E-state index >= 15 is 0 Å². The van der Waals surface area contributed by atoms with Crippen molar-refractivity contribution in [2.75, 3.05) is 32.6 Å². The Balaban J connectivity index is 1.18. The van der Waals surface area contributed by atoms with E-state index in [-0.39, 0.29) is 23.8 Å². The first kappa shape index (κ1) is 23.9. The van der Waals surface area contributed by atoms with E-state index in [0.29, 0.717) is 56.2 Å². The number of anilines is 1. The number of likely N-dealkylation sites (tertiary alicyclic amines) is 1. The summed E-state index contributed by atoms with van der Waals surface area (Å²) in [6, 6.07) is 15.2. The quantitative estimate of drug-likeness (QED) is 0.567. The summed E-state index contributed by atoms with van der Waals surface area (Å²) in [5, 5.41) is 2.96. The Morgan fingerprint density at radius 2 is 1.78 bits per heavy atom. The zero-order valence-electron chi connectivity index (χ0n) is 20.5. The number of imidazole rings is 1. The molecule has 0 saturated carbocycles. The molecule has 2 aromatic carbocycles. The minimum atomic E-state index is -0.163. The Hall–Kier alpha value is -3.85. The molecule has 9 nitrogen and oxygen atoms in total. The van der Waals surface area contributed by atoms with Gasteiger partial charge in [-0.2, -0.15) is 0 Å². The highest BCUT2D eigenvalue weighted by molar-refractivity contribution is 5.95. The summed E-state index contributed by atoms with van der Waals surface area (Å²) in [4.78, 5) is 32.3. The highest BCUT2D eigenvalue weighted by Gasteiger charge is 2.32. The lowest BCUT2D eigenvalue weighted by molar-refractivity contribution is -0.121. The van der Waals surface area contributed by atoms with Gasteiger partial charge in [-0.05, 0) is 42.7 Å². The van der Waals surface area contributed by atoms with Crippen LogP contribution in [0.1, 0.15) is 40.7 Å². The molecule has 2 aliphatic rings. The molecule has 9 heteroatoms. The molecule has 0 bridgehead atoms. The molecule has 2 amide bonds. The number of para-hydroxylation sites is 2. The number of amides is 2. The number of nitrogens with one attached hydrogen (secondary N) is 1. The number of rotatable bonds is 6. The van der Waals surface area contributed by atoms with E-state index in [1.807, 2.05) is 53.1 Å². The second-order valence-corrected chi connectivity index (χ2v) is 9.02.